The van der Waals surface area contributed by atoms with Gasteiger partial charge in [-0.2, -0.15) is 0 Å². The van der Waals surface area contributed by atoms with Crippen molar-refractivity contribution in [2.24, 2.45) is 11.3 Å². The maximum atomic E-state index is 13.4. The lowest BCUT2D eigenvalue weighted by molar-refractivity contribution is -0.0243. The Morgan fingerprint density at radius 3 is 2.35 bits per heavy atom. The molecule has 5 aliphatic rings. The quantitative estimate of drug-likeness (QED) is 0.729. The molecule has 5 heteroatoms. The molecule has 3 saturated heterocycles. The molecule has 2 bridgehead atoms. The van der Waals surface area contributed by atoms with Gasteiger partial charge in [0, 0.05) is 6.54 Å². The summed E-state index contributed by atoms with van der Waals surface area (Å²) in [6, 6.07) is 13.1. The first-order valence-electron chi connectivity index (χ1n) is 11.7. The van der Waals surface area contributed by atoms with Crippen molar-refractivity contribution in [1.29, 1.82) is 0 Å². The second-order valence-corrected chi connectivity index (χ2v) is 10.1. The molecule has 2 aromatic rings. The average Bonchev–Trinajstić information content (AvgIpc) is 3.56. The predicted molar refractivity (Wildman–Crippen MR) is 117 cm³/mol. The number of hydrogen-bond donors (Lipinski definition) is 1. The fourth-order valence-corrected chi connectivity index (χ4v) is 6.57. The lowest BCUT2D eigenvalue weighted by atomic mass is 9.73. The molecule has 1 unspecified atom stereocenters. The van der Waals surface area contributed by atoms with Crippen LogP contribution in [0.1, 0.15) is 49.3 Å². The van der Waals surface area contributed by atoms with E-state index in [-0.39, 0.29) is 23.3 Å². The second-order valence-electron chi connectivity index (χ2n) is 10.1. The van der Waals surface area contributed by atoms with Crippen molar-refractivity contribution in [3.63, 3.8) is 0 Å². The Hall–Kier alpha value is -2.40. The molecule has 7 rings (SSSR count). The summed E-state index contributed by atoms with van der Waals surface area (Å²) in [5.41, 5.74) is 4.58. The van der Waals surface area contributed by atoms with E-state index in [4.69, 9.17) is 0 Å². The van der Waals surface area contributed by atoms with Crippen LogP contribution in [-0.2, 0) is 6.42 Å². The SMILES string of the molecule is O=C(O)N(C1CN2CCC1CC2)[C@@H]1c2cc(-c3ccc(F)cc3)ccc2CCC12CC2. The van der Waals surface area contributed by atoms with Crippen molar-refractivity contribution < 1.29 is 14.3 Å². The first-order valence-corrected chi connectivity index (χ1v) is 11.7. The average molecular weight is 421 g/mol. The van der Waals surface area contributed by atoms with E-state index in [0.29, 0.717) is 5.92 Å². The highest BCUT2D eigenvalue weighted by atomic mass is 19.1. The van der Waals surface area contributed by atoms with Crippen molar-refractivity contribution >= 4 is 6.09 Å². The number of halogens is 1. The molecule has 1 spiro atoms. The number of amides is 1. The molecular formula is C26H29FN2O2. The Balaban J connectivity index is 1.44. The molecule has 162 valence electrons. The maximum absolute atomic E-state index is 13.4. The first-order chi connectivity index (χ1) is 15.0. The zero-order valence-electron chi connectivity index (χ0n) is 17.8. The summed E-state index contributed by atoms with van der Waals surface area (Å²) in [6.45, 7) is 3.09. The lowest BCUT2D eigenvalue weighted by Crippen LogP contribution is -2.60. The topological polar surface area (TPSA) is 43.8 Å². The zero-order valence-corrected chi connectivity index (χ0v) is 17.8. The highest BCUT2D eigenvalue weighted by molar-refractivity contribution is 5.69. The normalized spacial score (nSPS) is 30.1. The number of nitrogens with zero attached hydrogens (tertiary/aromatic N) is 2. The van der Waals surface area contributed by atoms with Crippen LogP contribution in [0.25, 0.3) is 11.1 Å². The molecule has 2 aliphatic carbocycles. The van der Waals surface area contributed by atoms with Crippen molar-refractivity contribution in [2.45, 2.75) is 50.6 Å². The van der Waals surface area contributed by atoms with Crippen LogP contribution in [0.3, 0.4) is 0 Å². The number of fused-ring (bicyclic) bond motifs is 4. The molecule has 4 fully saturated rings. The Kier molecular flexibility index (Phi) is 4.39. The van der Waals surface area contributed by atoms with Crippen LogP contribution in [0.5, 0.6) is 0 Å². The minimum absolute atomic E-state index is 0.0697. The van der Waals surface area contributed by atoms with Gasteiger partial charge in [-0.05, 0) is 103 Å². The standard InChI is InChI=1S/C26H29FN2O2/c27-21-5-3-17(4-6-21)20-2-1-18-7-10-26(11-12-26)24(22(18)15-20)29(25(30)31)23-16-28-13-8-19(23)9-14-28/h1-6,15,19,23-24H,7-14,16H2,(H,30,31)/t23?,24-/m1/s1. The van der Waals surface area contributed by atoms with Gasteiger partial charge in [0.25, 0.3) is 0 Å². The monoisotopic (exact) mass is 420 g/mol. The second kappa shape index (κ2) is 7.06. The van der Waals surface area contributed by atoms with Crippen LogP contribution in [0.2, 0.25) is 0 Å². The van der Waals surface area contributed by atoms with Gasteiger partial charge in [0.05, 0.1) is 12.1 Å². The van der Waals surface area contributed by atoms with E-state index in [2.05, 4.69) is 23.1 Å². The van der Waals surface area contributed by atoms with Crippen LogP contribution < -0.4 is 0 Å². The fraction of sp³-hybridized carbons (Fsp3) is 0.500. The minimum atomic E-state index is -0.768. The Morgan fingerprint density at radius 1 is 1.03 bits per heavy atom. The van der Waals surface area contributed by atoms with Gasteiger partial charge in [0.15, 0.2) is 0 Å². The van der Waals surface area contributed by atoms with Crippen molar-refractivity contribution in [3.05, 3.63) is 59.4 Å². The third-order valence-electron chi connectivity index (χ3n) is 8.46. The molecule has 1 N–H and O–H groups in total. The molecule has 3 heterocycles. The minimum Gasteiger partial charge on any atom is -0.465 e. The number of rotatable bonds is 3. The van der Waals surface area contributed by atoms with Gasteiger partial charge < -0.3 is 10.0 Å². The van der Waals surface area contributed by atoms with E-state index < -0.39 is 6.09 Å². The van der Waals surface area contributed by atoms with Crippen LogP contribution in [0, 0.1) is 17.2 Å². The van der Waals surface area contributed by atoms with E-state index >= 15 is 0 Å². The summed E-state index contributed by atoms with van der Waals surface area (Å²) >= 11 is 0. The van der Waals surface area contributed by atoms with Crippen LogP contribution in [-0.4, -0.2) is 46.7 Å². The van der Waals surface area contributed by atoms with Crippen LogP contribution in [0.15, 0.2) is 42.5 Å². The van der Waals surface area contributed by atoms with E-state index in [0.717, 1.165) is 69.3 Å². The van der Waals surface area contributed by atoms with E-state index in [1.807, 2.05) is 17.0 Å². The summed E-state index contributed by atoms with van der Waals surface area (Å²) in [5.74, 6) is 0.235. The van der Waals surface area contributed by atoms with E-state index in [1.165, 1.54) is 23.3 Å². The predicted octanol–water partition coefficient (Wildman–Crippen LogP) is 5.33. The van der Waals surface area contributed by atoms with Gasteiger partial charge in [-0.3, -0.25) is 4.90 Å². The Labute approximate surface area is 182 Å². The molecule has 31 heavy (non-hydrogen) atoms. The number of carbonyl (C=O) groups is 1. The van der Waals surface area contributed by atoms with Crippen molar-refractivity contribution in [3.8, 4) is 11.1 Å². The largest absolute Gasteiger partial charge is 0.465 e. The number of carboxylic acid groups (broad SMARTS) is 1. The molecule has 1 saturated carbocycles. The molecule has 1 amide bonds. The molecule has 0 aromatic heterocycles. The number of piperidine rings is 3. The summed E-state index contributed by atoms with van der Waals surface area (Å²) in [7, 11) is 0. The van der Waals surface area contributed by atoms with Crippen LogP contribution in [0.4, 0.5) is 9.18 Å². The molecule has 3 aliphatic heterocycles. The van der Waals surface area contributed by atoms with Gasteiger partial charge in [-0.15, -0.1) is 0 Å². The number of hydrogen-bond acceptors (Lipinski definition) is 2. The van der Waals surface area contributed by atoms with Gasteiger partial charge in [-0.25, -0.2) is 9.18 Å². The van der Waals surface area contributed by atoms with Crippen molar-refractivity contribution in [2.75, 3.05) is 19.6 Å². The third kappa shape index (κ3) is 3.16. The van der Waals surface area contributed by atoms with Gasteiger partial charge in [0.1, 0.15) is 5.82 Å². The molecule has 0 radical (unpaired) electrons. The summed E-state index contributed by atoms with van der Waals surface area (Å²) in [5, 5.41) is 10.5. The summed E-state index contributed by atoms with van der Waals surface area (Å²) in [6.07, 6.45) is 5.77. The number of benzene rings is 2. The molecule has 2 atom stereocenters. The summed E-state index contributed by atoms with van der Waals surface area (Å²) < 4.78 is 13.4. The highest BCUT2D eigenvalue weighted by Crippen LogP contribution is 2.64. The summed E-state index contributed by atoms with van der Waals surface area (Å²) in [4.78, 5) is 17.1. The van der Waals surface area contributed by atoms with Crippen molar-refractivity contribution in [1.82, 2.24) is 9.80 Å². The van der Waals surface area contributed by atoms with Gasteiger partial charge in [0.2, 0.25) is 0 Å². The Morgan fingerprint density at radius 2 is 1.74 bits per heavy atom. The van der Waals surface area contributed by atoms with Gasteiger partial charge in [-0.1, -0.05) is 24.3 Å². The molecule has 2 aromatic carbocycles. The van der Waals surface area contributed by atoms with Gasteiger partial charge >= 0.3 is 6.09 Å². The first kappa shape index (κ1) is 19.3. The smallest absolute Gasteiger partial charge is 0.408 e. The number of aryl methyl sites for hydroxylation is 1. The maximum Gasteiger partial charge on any atom is 0.408 e. The third-order valence-corrected chi connectivity index (χ3v) is 8.46. The lowest BCUT2D eigenvalue weighted by Gasteiger charge is -2.52. The fourth-order valence-electron chi connectivity index (χ4n) is 6.57. The molecule has 4 nitrogen and oxygen atoms in total. The molecular weight excluding hydrogens is 391 g/mol. The van der Waals surface area contributed by atoms with E-state index in [1.54, 1.807) is 0 Å². The van der Waals surface area contributed by atoms with E-state index in [9.17, 15) is 14.3 Å². The Bertz CT molecular complexity index is 1010. The zero-order chi connectivity index (χ0) is 21.2. The highest BCUT2D eigenvalue weighted by Gasteiger charge is 2.57. The van der Waals surface area contributed by atoms with Crippen LogP contribution >= 0.6 is 0 Å².